The quantitative estimate of drug-likeness (QED) is 0.528. The van der Waals surface area contributed by atoms with Crippen LogP contribution in [0.3, 0.4) is 0 Å². The third-order valence-electron chi connectivity index (χ3n) is 1.83. The summed E-state index contributed by atoms with van der Waals surface area (Å²) in [6.07, 6.45) is 0. The molecular formula is C9H6BrClF3NO. The van der Waals surface area contributed by atoms with E-state index in [1.165, 1.54) is 7.05 Å². The van der Waals surface area contributed by atoms with Gasteiger partial charge in [0.15, 0.2) is 23.2 Å². The SMILES string of the molecule is CNCC(=O)c1c(F)c(F)c(Cl)c(F)c1Br. The molecule has 1 N–H and O–H groups in total. The maximum atomic E-state index is 13.4. The number of halogens is 5. The number of benzene rings is 1. The average Bonchev–Trinajstić information content (AvgIpc) is 2.24. The molecule has 1 aromatic rings. The van der Waals surface area contributed by atoms with Gasteiger partial charge in [0.1, 0.15) is 5.02 Å². The first-order valence-corrected chi connectivity index (χ1v) is 5.28. The van der Waals surface area contributed by atoms with Gasteiger partial charge in [0, 0.05) is 0 Å². The largest absolute Gasteiger partial charge is 0.313 e. The Kier molecular flexibility index (Phi) is 4.35. The van der Waals surface area contributed by atoms with Crippen molar-refractivity contribution >= 4 is 33.3 Å². The second-order valence-electron chi connectivity index (χ2n) is 2.90. The lowest BCUT2D eigenvalue weighted by molar-refractivity contribution is 0.0987. The summed E-state index contributed by atoms with van der Waals surface area (Å²) in [6, 6.07) is 0. The maximum Gasteiger partial charge on any atom is 0.181 e. The molecule has 1 aromatic carbocycles. The molecule has 0 saturated heterocycles. The van der Waals surface area contributed by atoms with Gasteiger partial charge in [-0.25, -0.2) is 13.2 Å². The molecule has 0 aliphatic carbocycles. The van der Waals surface area contributed by atoms with Gasteiger partial charge in [-0.2, -0.15) is 0 Å². The highest BCUT2D eigenvalue weighted by Crippen LogP contribution is 2.32. The van der Waals surface area contributed by atoms with E-state index in [1.54, 1.807) is 0 Å². The van der Waals surface area contributed by atoms with E-state index in [0.29, 0.717) is 0 Å². The van der Waals surface area contributed by atoms with Crippen molar-refractivity contribution < 1.29 is 18.0 Å². The van der Waals surface area contributed by atoms with Crippen molar-refractivity contribution in [1.82, 2.24) is 5.32 Å². The number of hydrogen-bond acceptors (Lipinski definition) is 2. The third-order valence-corrected chi connectivity index (χ3v) is 2.90. The van der Waals surface area contributed by atoms with Crippen LogP contribution in [0.5, 0.6) is 0 Å². The average molecular weight is 317 g/mol. The fourth-order valence-corrected chi connectivity index (χ4v) is 1.98. The van der Waals surface area contributed by atoms with Crippen LogP contribution in [-0.4, -0.2) is 19.4 Å². The minimum atomic E-state index is -1.57. The molecule has 0 aliphatic rings. The molecule has 0 atom stereocenters. The molecule has 0 aromatic heterocycles. The summed E-state index contributed by atoms with van der Waals surface area (Å²) in [5.41, 5.74) is -0.686. The van der Waals surface area contributed by atoms with Gasteiger partial charge in [-0.15, -0.1) is 0 Å². The number of carbonyl (C=O) groups is 1. The predicted molar refractivity (Wildman–Crippen MR) is 57.3 cm³/mol. The summed E-state index contributed by atoms with van der Waals surface area (Å²) in [4.78, 5) is 11.4. The Balaban J connectivity index is 3.45. The molecule has 7 heteroatoms. The summed E-state index contributed by atoms with van der Waals surface area (Å²) in [6.45, 7) is -0.240. The Labute approximate surface area is 103 Å². The Bertz CT molecular complexity index is 424. The van der Waals surface area contributed by atoms with E-state index in [9.17, 15) is 18.0 Å². The summed E-state index contributed by atoms with van der Waals surface area (Å²) in [5, 5.41) is 1.48. The highest BCUT2D eigenvalue weighted by atomic mass is 79.9. The second-order valence-corrected chi connectivity index (χ2v) is 4.07. The topological polar surface area (TPSA) is 29.1 Å². The molecule has 0 spiro atoms. The summed E-state index contributed by atoms with van der Waals surface area (Å²) >= 11 is 7.87. The van der Waals surface area contributed by atoms with E-state index in [4.69, 9.17) is 11.6 Å². The van der Waals surface area contributed by atoms with Crippen LogP contribution in [0.2, 0.25) is 5.02 Å². The smallest absolute Gasteiger partial charge is 0.181 e. The third kappa shape index (κ3) is 2.23. The van der Waals surface area contributed by atoms with E-state index in [0.717, 1.165) is 0 Å². The zero-order chi connectivity index (χ0) is 12.5. The molecule has 0 saturated carbocycles. The number of rotatable bonds is 3. The Morgan fingerprint density at radius 2 is 1.88 bits per heavy atom. The summed E-state index contributed by atoms with van der Waals surface area (Å²) in [7, 11) is 1.45. The molecular weight excluding hydrogens is 310 g/mol. The Hall–Kier alpha value is -0.590. The molecule has 88 valence electrons. The summed E-state index contributed by atoms with van der Waals surface area (Å²) in [5.74, 6) is -5.00. The van der Waals surface area contributed by atoms with E-state index in [2.05, 4.69) is 21.2 Å². The van der Waals surface area contributed by atoms with Crippen molar-refractivity contribution in [3.05, 3.63) is 32.5 Å². The van der Waals surface area contributed by atoms with Crippen molar-refractivity contribution in [2.75, 3.05) is 13.6 Å². The van der Waals surface area contributed by atoms with Crippen LogP contribution < -0.4 is 5.32 Å². The fourth-order valence-electron chi connectivity index (χ4n) is 1.10. The molecule has 0 aliphatic heterocycles. The highest BCUT2D eigenvalue weighted by Gasteiger charge is 2.26. The van der Waals surface area contributed by atoms with Crippen molar-refractivity contribution in [2.45, 2.75) is 0 Å². The van der Waals surface area contributed by atoms with E-state index < -0.39 is 38.3 Å². The Morgan fingerprint density at radius 1 is 1.31 bits per heavy atom. The van der Waals surface area contributed by atoms with Gasteiger partial charge in [-0.05, 0) is 23.0 Å². The number of hydrogen-bond donors (Lipinski definition) is 1. The van der Waals surface area contributed by atoms with Gasteiger partial charge in [-0.1, -0.05) is 11.6 Å². The van der Waals surface area contributed by atoms with Crippen LogP contribution in [0.1, 0.15) is 10.4 Å². The van der Waals surface area contributed by atoms with Gasteiger partial charge in [0.05, 0.1) is 16.6 Å². The molecule has 0 radical (unpaired) electrons. The molecule has 2 nitrogen and oxygen atoms in total. The van der Waals surface area contributed by atoms with Gasteiger partial charge >= 0.3 is 0 Å². The lowest BCUT2D eigenvalue weighted by Gasteiger charge is -2.08. The molecule has 0 bridgehead atoms. The van der Waals surface area contributed by atoms with Crippen LogP contribution in [0, 0.1) is 17.5 Å². The zero-order valence-electron chi connectivity index (χ0n) is 8.01. The second kappa shape index (κ2) is 5.16. The normalized spacial score (nSPS) is 10.6. The van der Waals surface area contributed by atoms with Gasteiger partial charge < -0.3 is 5.32 Å². The number of nitrogens with one attached hydrogen (secondary N) is 1. The fraction of sp³-hybridized carbons (Fsp3) is 0.222. The molecule has 0 heterocycles. The van der Waals surface area contributed by atoms with Crippen molar-refractivity contribution in [2.24, 2.45) is 0 Å². The van der Waals surface area contributed by atoms with Crippen LogP contribution >= 0.6 is 27.5 Å². The lowest BCUT2D eigenvalue weighted by atomic mass is 10.1. The van der Waals surface area contributed by atoms with Crippen molar-refractivity contribution in [1.29, 1.82) is 0 Å². The van der Waals surface area contributed by atoms with Crippen LogP contribution in [-0.2, 0) is 0 Å². The standard InChI is InChI=1S/C9H6BrClF3NO/c1-15-2-3(16)4-5(10)8(13)6(11)9(14)7(4)12/h15H,2H2,1H3. The summed E-state index contributed by atoms with van der Waals surface area (Å²) < 4.78 is 39.3. The minimum absolute atomic E-state index is 0.240. The van der Waals surface area contributed by atoms with Crippen molar-refractivity contribution in [3.63, 3.8) is 0 Å². The van der Waals surface area contributed by atoms with E-state index >= 15 is 0 Å². The monoisotopic (exact) mass is 315 g/mol. The highest BCUT2D eigenvalue weighted by molar-refractivity contribution is 9.10. The lowest BCUT2D eigenvalue weighted by Crippen LogP contribution is -2.21. The van der Waals surface area contributed by atoms with Gasteiger partial charge in [0.25, 0.3) is 0 Å². The zero-order valence-corrected chi connectivity index (χ0v) is 10.3. The Morgan fingerprint density at radius 3 is 2.38 bits per heavy atom. The first-order chi connectivity index (χ1) is 7.41. The van der Waals surface area contributed by atoms with Gasteiger partial charge in [-0.3, -0.25) is 4.79 Å². The number of likely N-dealkylation sites (N-methyl/N-ethyl adjacent to an activating group) is 1. The van der Waals surface area contributed by atoms with Gasteiger partial charge in [0.2, 0.25) is 0 Å². The first-order valence-electron chi connectivity index (χ1n) is 4.11. The molecule has 0 fully saturated rings. The molecule has 0 amide bonds. The van der Waals surface area contributed by atoms with Crippen LogP contribution in [0.4, 0.5) is 13.2 Å². The maximum absolute atomic E-state index is 13.4. The van der Waals surface area contributed by atoms with Crippen molar-refractivity contribution in [3.8, 4) is 0 Å². The first kappa shape index (κ1) is 13.5. The van der Waals surface area contributed by atoms with E-state index in [-0.39, 0.29) is 6.54 Å². The minimum Gasteiger partial charge on any atom is -0.313 e. The number of carbonyl (C=O) groups excluding carboxylic acids is 1. The molecule has 16 heavy (non-hydrogen) atoms. The van der Waals surface area contributed by atoms with Crippen LogP contribution in [0.15, 0.2) is 4.47 Å². The molecule has 0 unspecified atom stereocenters. The number of Topliss-reactive ketones (excluding diaryl/α,β-unsaturated/α-hetero) is 1. The number of ketones is 1. The van der Waals surface area contributed by atoms with E-state index in [1.807, 2.05) is 0 Å². The predicted octanol–water partition coefficient (Wildman–Crippen LogP) is 2.92. The van der Waals surface area contributed by atoms with Crippen LogP contribution in [0.25, 0.3) is 0 Å². The molecule has 1 rings (SSSR count).